The van der Waals surface area contributed by atoms with Crippen LogP contribution >= 0.6 is 0 Å². The lowest BCUT2D eigenvalue weighted by atomic mass is 9.75. The zero-order chi connectivity index (χ0) is 20.1. The van der Waals surface area contributed by atoms with Gasteiger partial charge in [0.05, 0.1) is 18.9 Å². The highest BCUT2D eigenvalue weighted by Crippen LogP contribution is 2.53. The monoisotopic (exact) mass is 380 g/mol. The summed E-state index contributed by atoms with van der Waals surface area (Å²) in [5.41, 5.74) is -0.221. The molecule has 2 aromatic rings. The molecule has 2 amide bonds. The van der Waals surface area contributed by atoms with Crippen molar-refractivity contribution in [2.45, 2.75) is 11.6 Å². The van der Waals surface area contributed by atoms with Gasteiger partial charge in [0.15, 0.2) is 5.54 Å². The summed E-state index contributed by atoms with van der Waals surface area (Å²) in [6, 6.07) is 14.6. The normalized spacial score (nSPS) is 29.1. The van der Waals surface area contributed by atoms with E-state index in [1.165, 1.54) is 26.3 Å². The Labute approximate surface area is 161 Å². The third kappa shape index (κ3) is 2.36. The van der Waals surface area contributed by atoms with Crippen molar-refractivity contribution in [1.82, 2.24) is 10.2 Å². The van der Waals surface area contributed by atoms with E-state index in [4.69, 9.17) is 4.74 Å². The van der Waals surface area contributed by atoms with Gasteiger partial charge < -0.3 is 9.84 Å². The van der Waals surface area contributed by atoms with Gasteiger partial charge in [-0.2, -0.15) is 0 Å². The van der Waals surface area contributed by atoms with Crippen LogP contribution in [0, 0.1) is 11.8 Å². The fourth-order valence-electron chi connectivity index (χ4n) is 4.45. The number of methoxy groups -OCH3 is 1. The molecule has 0 unspecified atom stereocenters. The number of hydrogen-bond donors (Lipinski definition) is 2. The van der Waals surface area contributed by atoms with Gasteiger partial charge in [0.25, 0.3) is 0 Å². The molecule has 4 rings (SSSR count). The summed E-state index contributed by atoms with van der Waals surface area (Å²) < 4.78 is 5.10. The molecule has 0 saturated carbocycles. The molecule has 144 valence electrons. The summed E-state index contributed by atoms with van der Waals surface area (Å²) in [4.78, 5) is 40.1. The Morgan fingerprint density at radius 2 is 1.71 bits per heavy atom. The Hall–Kier alpha value is -3.19. The number of esters is 1. The van der Waals surface area contributed by atoms with Gasteiger partial charge in [-0.05, 0) is 23.3 Å². The Morgan fingerprint density at radius 3 is 2.32 bits per heavy atom. The average Bonchev–Trinajstić information content (AvgIpc) is 3.19. The van der Waals surface area contributed by atoms with E-state index in [-0.39, 0.29) is 11.7 Å². The second kappa shape index (κ2) is 6.45. The van der Waals surface area contributed by atoms with Crippen LogP contribution in [0.15, 0.2) is 54.6 Å². The molecule has 28 heavy (non-hydrogen) atoms. The highest BCUT2D eigenvalue weighted by atomic mass is 16.5. The number of carbonyl (C=O) groups excluding carboxylic acids is 3. The van der Waals surface area contributed by atoms with E-state index in [9.17, 15) is 19.5 Å². The largest absolute Gasteiger partial charge is 0.508 e. The van der Waals surface area contributed by atoms with Crippen LogP contribution in [0.5, 0.6) is 5.75 Å². The fourth-order valence-corrected chi connectivity index (χ4v) is 4.45. The van der Waals surface area contributed by atoms with Crippen LogP contribution in [0.25, 0.3) is 0 Å². The quantitative estimate of drug-likeness (QED) is 0.616. The maximum atomic E-state index is 13.1. The number of ether oxygens (including phenoxy) is 1. The fraction of sp³-hybridized carbons (Fsp3) is 0.286. The van der Waals surface area contributed by atoms with Crippen molar-refractivity contribution >= 4 is 17.8 Å². The number of aromatic hydroxyl groups is 1. The number of fused-ring (bicyclic) bond motifs is 1. The van der Waals surface area contributed by atoms with E-state index in [1.807, 2.05) is 6.07 Å². The molecule has 2 fully saturated rings. The number of hydrogen-bond acceptors (Lipinski definition) is 6. The molecule has 2 saturated heterocycles. The zero-order valence-corrected chi connectivity index (χ0v) is 15.5. The first-order valence-corrected chi connectivity index (χ1v) is 8.93. The van der Waals surface area contributed by atoms with Crippen LogP contribution in [0.2, 0.25) is 0 Å². The molecular weight excluding hydrogens is 360 g/mol. The minimum absolute atomic E-state index is 0.0894. The molecule has 0 radical (unpaired) electrons. The Kier molecular flexibility index (Phi) is 4.19. The van der Waals surface area contributed by atoms with Crippen LogP contribution in [-0.2, 0) is 24.7 Å². The number of carbonyl (C=O) groups is 3. The second-order valence-electron chi connectivity index (χ2n) is 7.12. The molecule has 2 aliphatic heterocycles. The molecule has 0 aromatic heterocycles. The molecule has 2 heterocycles. The number of imide groups is 1. The average molecular weight is 380 g/mol. The van der Waals surface area contributed by atoms with Crippen molar-refractivity contribution in [2.24, 2.45) is 11.8 Å². The summed E-state index contributed by atoms with van der Waals surface area (Å²) in [7, 11) is 2.70. The van der Waals surface area contributed by atoms with E-state index < -0.39 is 35.3 Å². The summed E-state index contributed by atoms with van der Waals surface area (Å²) in [6.07, 6.45) is 0. The molecule has 2 aliphatic rings. The highest BCUT2D eigenvalue weighted by Gasteiger charge is 2.68. The van der Waals surface area contributed by atoms with Crippen molar-refractivity contribution in [2.75, 3.05) is 14.2 Å². The zero-order valence-electron chi connectivity index (χ0n) is 15.5. The van der Waals surface area contributed by atoms with Gasteiger partial charge in [0.2, 0.25) is 11.8 Å². The predicted octanol–water partition coefficient (Wildman–Crippen LogP) is 1.34. The summed E-state index contributed by atoms with van der Waals surface area (Å²) >= 11 is 0. The molecular formula is C21H20N2O5. The molecule has 2 aromatic carbocycles. The first-order chi connectivity index (χ1) is 13.4. The molecule has 4 atom stereocenters. The molecule has 0 aliphatic carbocycles. The van der Waals surface area contributed by atoms with Gasteiger partial charge in [0.1, 0.15) is 5.75 Å². The standard InChI is InChI=1S/C21H20N2O5/c1-23-18(25)15-16(19(23)26)21(20(27)28-2,13-6-4-3-5-7-13)22-17(15)12-8-10-14(24)11-9-12/h3-11,15-17,22,24H,1-2H3/t15-,16+,17+,21+/m0/s1. The van der Waals surface area contributed by atoms with Crippen LogP contribution in [0.1, 0.15) is 17.2 Å². The predicted molar refractivity (Wildman–Crippen MR) is 98.9 cm³/mol. The van der Waals surface area contributed by atoms with E-state index in [2.05, 4.69) is 5.32 Å². The number of nitrogens with one attached hydrogen (secondary N) is 1. The van der Waals surface area contributed by atoms with Crippen LogP contribution in [-0.4, -0.2) is 41.9 Å². The lowest BCUT2D eigenvalue weighted by Gasteiger charge is -2.32. The summed E-state index contributed by atoms with van der Waals surface area (Å²) in [6.45, 7) is 0. The minimum Gasteiger partial charge on any atom is -0.508 e. The van der Waals surface area contributed by atoms with Gasteiger partial charge in [-0.15, -0.1) is 0 Å². The number of rotatable bonds is 3. The Bertz CT molecular complexity index is 943. The number of likely N-dealkylation sites (tertiary alicyclic amines) is 1. The maximum absolute atomic E-state index is 13.1. The van der Waals surface area contributed by atoms with E-state index in [1.54, 1.807) is 36.4 Å². The summed E-state index contributed by atoms with van der Waals surface area (Å²) in [5.74, 6) is -2.99. The third-order valence-corrected chi connectivity index (χ3v) is 5.77. The first-order valence-electron chi connectivity index (χ1n) is 8.93. The van der Waals surface area contributed by atoms with Crippen molar-refractivity contribution in [3.05, 3.63) is 65.7 Å². The van der Waals surface area contributed by atoms with Crippen molar-refractivity contribution in [3.8, 4) is 5.75 Å². The smallest absolute Gasteiger partial charge is 0.331 e. The van der Waals surface area contributed by atoms with Crippen LogP contribution in [0.3, 0.4) is 0 Å². The SMILES string of the molecule is COC(=O)[C@]1(c2ccccc2)N[C@H](c2ccc(O)cc2)[C@H]2C(=O)N(C)C(=O)[C@@H]21. The van der Waals surface area contributed by atoms with Crippen molar-refractivity contribution < 1.29 is 24.2 Å². The second-order valence-corrected chi connectivity index (χ2v) is 7.12. The number of amides is 2. The van der Waals surface area contributed by atoms with E-state index in [0.717, 1.165) is 4.90 Å². The topological polar surface area (TPSA) is 95.9 Å². The van der Waals surface area contributed by atoms with Gasteiger partial charge in [-0.1, -0.05) is 42.5 Å². The van der Waals surface area contributed by atoms with Gasteiger partial charge in [0, 0.05) is 13.1 Å². The molecule has 0 bridgehead atoms. The van der Waals surface area contributed by atoms with Gasteiger partial charge in [-0.3, -0.25) is 19.8 Å². The third-order valence-electron chi connectivity index (χ3n) is 5.77. The van der Waals surface area contributed by atoms with E-state index >= 15 is 0 Å². The lowest BCUT2D eigenvalue weighted by Crippen LogP contribution is -2.53. The number of nitrogens with zero attached hydrogens (tertiary/aromatic N) is 1. The van der Waals surface area contributed by atoms with Crippen molar-refractivity contribution in [1.29, 1.82) is 0 Å². The van der Waals surface area contributed by atoms with Crippen LogP contribution < -0.4 is 5.32 Å². The van der Waals surface area contributed by atoms with E-state index in [0.29, 0.717) is 11.1 Å². The maximum Gasteiger partial charge on any atom is 0.331 e. The Morgan fingerprint density at radius 1 is 1.07 bits per heavy atom. The Balaban J connectivity index is 1.94. The lowest BCUT2D eigenvalue weighted by molar-refractivity contribution is -0.154. The number of benzene rings is 2. The van der Waals surface area contributed by atoms with Gasteiger partial charge >= 0.3 is 5.97 Å². The number of phenolic OH excluding ortho intramolecular Hbond substituents is 1. The highest BCUT2D eigenvalue weighted by molar-refractivity contribution is 6.09. The molecule has 2 N–H and O–H groups in total. The molecule has 7 nitrogen and oxygen atoms in total. The first kappa shape index (κ1) is 18.2. The van der Waals surface area contributed by atoms with Crippen molar-refractivity contribution in [3.63, 3.8) is 0 Å². The minimum atomic E-state index is -1.49. The molecule has 0 spiro atoms. The van der Waals surface area contributed by atoms with Crippen LogP contribution in [0.4, 0.5) is 0 Å². The summed E-state index contributed by atoms with van der Waals surface area (Å²) in [5, 5.41) is 12.9. The van der Waals surface area contributed by atoms with Gasteiger partial charge in [-0.25, -0.2) is 4.79 Å². The molecule has 7 heteroatoms. The number of phenols is 1.